The minimum Gasteiger partial charge on any atom is -0.381 e. The summed E-state index contributed by atoms with van der Waals surface area (Å²) in [6.07, 6.45) is 2.08. The van der Waals surface area contributed by atoms with Crippen molar-refractivity contribution in [1.29, 1.82) is 0 Å². The minimum absolute atomic E-state index is 0.155. The maximum absolute atomic E-state index is 11.1. The molecular weight excluding hydrogens is 232 g/mol. The molecule has 0 radical (unpaired) electrons. The van der Waals surface area contributed by atoms with Gasteiger partial charge in [0.1, 0.15) is 0 Å². The first-order valence-corrected chi connectivity index (χ1v) is 6.43. The van der Waals surface area contributed by atoms with Crippen molar-refractivity contribution in [2.24, 2.45) is 5.73 Å². The molecule has 6 heteroatoms. The summed E-state index contributed by atoms with van der Waals surface area (Å²) in [4.78, 5) is 11.1. The summed E-state index contributed by atoms with van der Waals surface area (Å²) in [6.45, 7) is 5.64. The highest BCUT2D eigenvalue weighted by atomic mass is 16.5. The Bertz CT molecular complexity index is 424. The van der Waals surface area contributed by atoms with Gasteiger partial charge in [-0.2, -0.15) is 0 Å². The van der Waals surface area contributed by atoms with Crippen LogP contribution >= 0.6 is 0 Å². The molecule has 2 unspecified atom stereocenters. The molecule has 0 aliphatic carbocycles. The number of hydrogen-bond donors (Lipinski definition) is 1. The lowest BCUT2D eigenvalue weighted by atomic mass is 10.0. The molecule has 0 aromatic carbocycles. The first-order valence-electron chi connectivity index (χ1n) is 6.43. The highest BCUT2D eigenvalue weighted by Crippen LogP contribution is 2.29. The number of rotatable bonds is 5. The zero-order chi connectivity index (χ0) is 13.1. The van der Waals surface area contributed by atoms with Crippen molar-refractivity contribution in [3.8, 4) is 0 Å². The van der Waals surface area contributed by atoms with E-state index in [9.17, 15) is 4.79 Å². The third-order valence-corrected chi connectivity index (χ3v) is 3.47. The molecule has 2 heterocycles. The number of aromatic nitrogens is 3. The van der Waals surface area contributed by atoms with Gasteiger partial charge in [-0.15, -0.1) is 5.10 Å². The zero-order valence-electron chi connectivity index (χ0n) is 10.9. The molecule has 2 N–H and O–H groups in total. The fourth-order valence-corrected chi connectivity index (χ4v) is 2.30. The van der Waals surface area contributed by atoms with Crippen LogP contribution < -0.4 is 5.73 Å². The van der Waals surface area contributed by atoms with Gasteiger partial charge in [-0.3, -0.25) is 4.79 Å². The number of hydrogen-bond acceptors (Lipinski definition) is 4. The standard InChI is InChI=1S/C12H20N4O2/c1-3-8(2)16-12(9-4-5-18-7-9)10(14-15-16)6-11(13)17/h8-9H,3-7H2,1-2H3,(H2,13,17). The van der Waals surface area contributed by atoms with Crippen molar-refractivity contribution in [3.05, 3.63) is 11.4 Å². The van der Waals surface area contributed by atoms with Crippen molar-refractivity contribution >= 4 is 5.91 Å². The average molecular weight is 252 g/mol. The van der Waals surface area contributed by atoms with Crippen molar-refractivity contribution in [1.82, 2.24) is 15.0 Å². The van der Waals surface area contributed by atoms with E-state index in [-0.39, 0.29) is 24.3 Å². The largest absolute Gasteiger partial charge is 0.381 e. The van der Waals surface area contributed by atoms with Crippen LogP contribution in [0, 0.1) is 0 Å². The summed E-state index contributed by atoms with van der Waals surface area (Å²) in [7, 11) is 0. The number of nitrogens with zero attached hydrogens (tertiary/aromatic N) is 3. The Morgan fingerprint density at radius 3 is 3.00 bits per heavy atom. The normalized spacial score (nSPS) is 21.1. The molecule has 0 spiro atoms. The van der Waals surface area contributed by atoms with Crippen LogP contribution in [0.5, 0.6) is 0 Å². The van der Waals surface area contributed by atoms with E-state index in [1.165, 1.54) is 0 Å². The number of carbonyl (C=O) groups is 1. The molecule has 18 heavy (non-hydrogen) atoms. The highest BCUT2D eigenvalue weighted by molar-refractivity contribution is 5.76. The molecule has 1 saturated heterocycles. The van der Waals surface area contributed by atoms with E-state index < -0.39 is 0 Å². The lowest BCUT2D eigenvalue weighted by molar-refractivity contribution is -0.117. The van der Waals surface area contributed by atoms with Crippen LogP contribution in [-0.4, -0.2) is 34.1 Å². The fraction of sp³-hybridized carbons (Fsp3) is 0.750. The van der Waals surface area contributed by atoms with Crippen LogP contribution in [0.25, 0.3) is 0 Å². The Hall–Kier alpha value is -1.43. The molecule has 2 rings (SSSR count). The van der Waals surface area contributed by atoms with E-state index in [1.54, 1.807) is 0 Å². The van der Waals surface area contributed by atoms with Gasteiger partial charge in [0.05, 0.1) is 30.5 Å². The Labute approximate surface area is 106 Å². The molecule has 1 aliphatic rings. The first-order chi connectivity index (χ1) is 8.63. The predicted molar refractivity (Wildman–Crippen MR) is 66.1 cm³/mol. The smallest absolute Gasteiger partial charge is 0.223 e. The van der Waals surface area contributed by atoms with Crippen LogP contribution in [-0.2, 0) is 16.0 Å². The van der Waals surface area contributed by atoms with Gasteiger partial charge >= 0.3 is 0 Å². The third-order valence-electron chi connectivity index (χ3n) is 3.47. The van der Waals surface area contributed by atoms with Crippen LogP contribution in [0.1, 0.15) is 50.0 Å². The molecule has 1 aromatic heterocycles. The van der Waals surface area contributed by atoms with Crippen LogP contribution in [0.3, 0.4) is 0 Å². The Morgan fingerprint density at radius 2 is 2.44 bits per heavy atom. The van der Waals surface area contributed by atoms with Gasteiger partial charge in [-0.1, -0.05) is 12.1 Å². The van der Waals surface area contributed by atoms with E-state index in [0.717, 1.165) is 25.1 Å². The Balaban J connectivity index is 2.34. The molecule has 1 aliphatic heterocycles. The second-order valence-electron chi connectivity index (χ2n) is 4.83. The molecule has 0 bridgehead atoms. The van der Waals surface area contributed by atoms with Crippen molar-refractivity contribution in [3.63, 3.8) is 0 Å². The second-order valence-corrected chi connectivity index (χ2v) is 4.83. The lowest BCUT2D eigenvalue weighted by Gasteiger charge is -2.16. The topological polar surface area (TPSA) is 83.0 Å². The van der Waals surface area contributed by atoms with Crippen molar-refractivity contribution in [2.75, 3.05) is 13.2 Å². The molecule has 6 nitrogen and oxygen atoms in total. The Kier molecular flexibility index (Phi) is 3.96. The number of nitrogens with two attached hydrogens (primary N) is 1. The van der Waals surface area contributed by atoms with Crippen molar-refractivity contribution < 1.29 is 9.53 Å². The summed E-state index contributed by atoms with van der Waals surface area (Å²) < 4.78 is 7.35. The van der Waals surface area contributed by atoms with E-state index in [0.29, 0.717) is 12.3 Å². The van der Waals surface area contributed by atoms with E-state index in [2.05, 4.69) is 24.2 Å². The molecular formula is C12H20N4O2. The minimum atomic E-state index is -0.369. The second kappa shape index (κ2) is 5.48. The first kappa shape index (κ1) is 13.0. The number of primary amides is 1. The maximum atomic E-state index is 11.1. The zero-order valence-corrected chi connectivity index (χ0v) is 10.9. The van der Waals surface area contributed by atoms with Gasteiger partial charge in [0.2, 0.25) is 5.91 Å². The average Bonchev–Trinajstić information content (AvgIpc) is 2.95. The summed E-state index contributed by atoms with van der Waals surface area (Å²) in [5.41, 5.74) is 7.00. The Morgan fingerprint density at radius 1 is 1.67 bits per heavy atom. The summed E-state index contributed by atoms with van der Waals surface area (Å²) in [6, 6.07) is 0.273. The summed E-state index contributed by atoms with van der Waals surface area (Å²) in [5.74, 6) is -0.0882. The van der Waals surface area contributed by atoms with Crippen LogP contribution in [0.15, 0.2) is 0 Å². The van der Waals surface area contributed by atoms with Crippen LogP contribution in [0.4, 0.5) is 0 Å². The van der Waals surface area contributed by atoms with E-state index in [4.69, 9.17) is 10.5 Å². The summed E-state index contributed by atoms with van der Waals surface area (Å²) in [5, 5.41) is 8.31. The van der Waals surface area contributed by atoms with Gasteiger partial charge in [0.25, 0.3) is 0 Å². The maximum Gasteiger partial charge on any atom is 0.223 e. The molecule has 1 aromatic rings. The van der Waals surface area contributed by atoms with Crippen molar-refractivity contribution in [2.45, 2.75) is 45.1 Å². The van der Waals surface area contributed by atoms with Gasteiger partial charge in [0.15, 0.2) is 0 Å². The highest BCUT2D eigenvalue weighted by Gasteiger charge is 2.28. The predicted octanol–water partition coefficient (Wildman–Crippen LogP) is 0.781. The summed E-state index contributed by atoms with van der Waals surface area (Å²) >= 11 is 0. The van der Waals surface area contributed by atoms with Crippen LogP contribution in [0.2, 0.25) is 0 Å². The molecule has 0 saturated carbocycles. The lowest BCUT2D eigenvalue weighted by Crippen LogP contribution is -2.18. The molecule has 1 amide bonds. The number of amides is 1. The van der Waals surface area contributed by atoms with Gasteiger partial charge in [-0.25, -0.2) is 4.68 Å². The molecule has 1 fully saturated rings. The van der Waals surface area contributed by atoms with E-state index in [1.807, 2.05) is 4.68 Å². The molecule has 100 valence electrons. The van der Waals surface area contributed by atoms with Gasteiger partial charge in [-0.05, 0) is 19.8 Å². The number of carbonyl (C=O) groups excluding carboxylic acids is 1. The SMILES string of the molecule is CCC(C)n1nnc(CC(N)=O)c1C1CCOC1. The molecule has 2 atom stereocenters. The van der Waals surface area contributed by atoms with E-state index >= 15 is 0 Å². The fourth-order valence-electron chi connectivity index (χ4n) is 2.30. The van der Waals surface area contributed by atoms with Gasteiger partial charge in [0, 0.05) is 12.5 Å². The number of ether oxygens (including phenoxy) is 1. The monoisotopic (exact) mass is 252 g/mol. The third kappa shape index (κ3) is 2.53. The van der Waals surface area contributed by atoms with Gasteiger partial charge < -0.3 is 10.5 Å². The quantitative estimate of drug-likeness (QED) is 0.839.